The van der Waals surface area contributed by atoms with E-state index in [9.17, 15) is 27.2 Å². The number of halogens is 4. The molecular formula is C93H66F4Ir5N5O4-5. The van der Waals surface area contributed by atoms with Crippen molar-refractivity contribution in [2.75, 3.05) is 0 Å². The summed E-state index contributed by atoms with van der Waals surface area (Å²) in [6.07, 6.45) is 7.70. The van der Waals surface area contributed by atoms with Crippen molar-refractivity contribution in [2.45, 2.75) is 27.7 Å². The summed E-state index contributed by atoms with van der Waals surface area (Å²) in [5.74, 6) is -1.27. The number of allylic oxidation sites excluding steroid dienone is 4. The molecule has 5 aromatic heterocycles. The van der Waals surface area contributed by atoms with Gasteiger partial charge in [-0.2, -0.15) is 0 Å². The Labute approximate surface area is 708 Å². The van der Waals surface area contributed by atoms with Crippen LogP contribution in [0.4, 0.5) is 17.6 Å². The SMILES string of the molecule is CC(=O)C=C(C)O.CC(=O)C=C(C)O.Fc1c[c-]c(-c2nc3ccccc3c3ccccc23)cc1.Fc1c[c-]c(-c2nc3ccccc3c3ccccc23)cc1.Fc1c[c-]c(-c2nccc3ccccc23)cc1.Fc1c[c-]c(-c2nccc3ccccc23)cc1.[Ir].[Ir].[Ir].[Ir].[Ir].[c-]1ccccc1-c1nccc2ccccc12. The number of aliphatic hydroxyl groups excluding tert-OH is 2. The Morgan fingerprint density at radius 3 is 0.820 bits per heavy atom. The van der Waals surface area contributed by atoms with Gasteiger partial charge < -0.3 is 25.2 Å². The van der Waals surface area contributed by atoms with Gasteiger partial charge in [0, 0.05) is 165 Å². The molecule has 0 aliphatic heterocycles. The van der Waals surface area contributed by atoms with Gasteiger partial charge in [-0.15, -0.1) is 155 Å². The van der Waals surface area contributed by atoms with Crippen molar-refractivity contribution in [1.29, 1.82) is 0 Å². The van der Waals surface area contributed by atoms with Gasteiger partial charge in [0.1, 0.15) is 0 Å². The predicted octanol–water partition coefficient (Wildman–Crippen LogP) is 23.4. The Balaban J connectivity index is 0.000000206. The number of hydrogen-bond donors (Lipinski definition) is 2. The van der Waals surface area contributed by atoms with Crippen molar-refractivity contribution >= 4 is 87.2 Å². The number of ketones is 2. The number of benzene rings is 12. The van der Waals surface area contributed by atoms with Crippen LogP contribution < -0.4 is 0 Å². The summed E-state index contributed by atoms with van der Waals surface area (Å²) in [5, 5.41) is 30.1. The maximum Gasteiger partial charge on any atom is 0.155 e. The maximum atomic E-state index is 13.1. The topological polar surface area (TPSA) is 139 Å². The van der Waals surface area contributed by atoms with Gasteiger partial charge in [0.25, 0.3) is 0 Å². The van der Waals surface area contributed by atoms with Gasteiger partial charge in [-0.1, -0.05) is 158 Å². The van der Waals surface area contributed by atoms with E-state index in [0.29, 0.717) is 0 Å². The molecule has 18 heteroatoms. The van der Waals surface area contributed by atoms with E-state index < -0.39 is 0 Å². The number of nitrogens with zero attached hydrogens (tertiary/aromatic N) is 5. The van der Waals surface area contributed by atoms with Crippen LogP contribution in [0.15, 0.2) is 327 Å². The molecule has 9 nitrogen and oxygen atoms in total. The van der Waals surface area contributed by atoms with Crippen molar-refractivity contribution < 1.29 is 138 Å². The van der Waals surface area contributed by atoms with Gasteiger partial charge >= 0.3 is 0 Å². The molecule has 0 saturated heterocycles. The summed E-state index contributed by atoms with van der Waals surface area (Å²) >= 11 is 0. The third kappa shape index (κ3) is 24.5. The van der Waals surface area contributed by atoms with E-state index in [1.54, 1.807) is 36.7 Å². The molecule has 0 fully saturated rings. The third-order valence-corrected chi connectivity index (χ3v) is 16.1. The van der Waals surface area contributed by atoms with Crippen molar-refractivity contribution in [1.82, 2.24) is 24.9 Å². The Kier molecular flexibility index (Phi) is 35.8. The molecule has 5 heterocycles. The van der Waals surface area contributed by atoms with E-state index in [4.69, 9.17) is 20.2 Å². The zero-order chi connectivity index (χ0) is 74.3. The summed E-state index contributed by atoms with van der Waals surface area (Å²) in [6.45, 7) is 5.70. The number of para-hydroxylation sites is 2. The molecule has 17 rings (SSSR count). The van der Waals surface area contributed by atoms with Gasteiger partial charge in [-0.05, 0) is 140 Å². The van der Waals surface area contributed by atoms with Crippen LogP contribution in [-0.4, -0.2) is 46.7 Å². The molecule has 0 aliphatic rings. The second-order valence-corrected chi connectivity index (χ2v) is 23.9. The fourth-order valence-corrected chi connectivity index (χ4v) is 11.6. The fraction of sp³-hybridized carbons (Fsp3) is 0.0430. The number of hydrogen-bond acceptors (Lipinski definition) is 9. The molecular weight excluding hydrogens is 2290 g/mol. The van der Waals surface area contributed by atoms with Crippen LogP contribution in [0.2, 0.25) is 0 Å². The summed E-state index contributed by atoms with van der Waals surface area (Å²) < 4.78 is 52.0. The van der Waals surface area contributed by atoms with Gasteiger partial charge in [0.15, 0.2) is 11.6 Å². The first kappa shape index (κ1) is 89.5. The van der Waals surface area contributed by atoms with Crippen molar-refractivity contribution in [3.8, 4) is 56.3 Å². The molecule has 12 aromatic carbocycles. The van der Waals surface area contributed by atoms with Gasteiger partial charge in [-0.25, -0.2) is 0 Å². The zero-order valence-corrected chi connectivity index (χ0v) is 71.6. The van der Waals surface area contributed by atoms with Crippen molar-refractivity contribution in [2.24, 2.45) is 0 Å². The minimum atomic E-state index is -0.288. The molecule has 2 N–H and O–H groups in total. The minimum absolute atomic E-state index is 0. The third-order valence-electron chi connectivity index (χ3n) is 16.1. The van der Waals surface area contributed by atoms with Crippen LogP contribution in [-0.2, 0) is 110 Å². The number of pyridine rings is 5. The first-order valence-corrected chi connectivity index (χ1v) is 33.5. The molecule has 0 unspecified atom stereocenters. The molecule has 0 saturated carbocycles. The average molecular weight is 2350 g/mol. The van der Waals surface area contributed by atoms with Crippen molar-refractivity contribution in [3.05, 3.63) is 381 Å². The second-order valence-electron chi connectivity index (χ2n) is 23.9. The van der Waals surface area contributed by atoms with Crippen LogP contribution >= 0.6 is 0 Å². The summed E-state index contributed by atoms with van der Waals surface area (Å²) in [7, 11) is 0. The second kappa shape index (κ2) is 44.4. The van der Waals surface area contributed by atoms with Crippen LogP contribution in [0.1, 0.15) is 27.7 Å². The van der Waals surface area contributed by atoms with Gasteiger partial charge in [0.05, 0.1) is 22.6 Å². The van der Waals surface area contributed by atoms with E-state index in [2.05, 4.69) is 81.7 Å². The minimum Gasteiger partial charge on any atom is -0.512 e. The van der Waals surface area contributed by atoms with Crippen LogP contribution in [0.3, 0.4) is 0 Å². The standard InChI is InChI=1S/2C19H11FN.2C15H9FN.C15H10N.2C5H8O2.5Ir/c2*20-14-11-9-13(10-12-14)19-17-7-2-1-5-15(17)16-6-3-4-8-18(16)21-19;2*16-13-7-5-12(6-8-13)15-14-4-2-1-3-11(14)9-10-17-15;1-2-7-13(8-3-1)15-14-9-5-4-6-12(14)10-11-16-15;2*1-4(6)3-5(2)7;;;;;/h2*1-9,11-12H;2*1-5,7-10H;1-7,9-11H;2*3,6H,1-2H3;;;;;/q5*-1;;;;;;;. The zero-order valence-electron chi connectivity index (χ0n) is 59.6. The Morgan fingerprint density at radius 2 is 0.550 bits per heavy atom. The number of aliphatic hydroxyl groups is 2. The molecule has 0 atom stereocenters. The van der Waals surface area contributed by atoms with E-state index in [0.717, 1.165) is 121 Å². The Morgan fingerprint density at radius 1 is 0.288 bits per heavy atom. The van der Waals surface area contributed by atoms with E-state index in [1.807, 2.05) is 182 Å². The fourth-order valence-electron chi connectivity index (χ4n) is 11.6. The average Bonchev–Trinajstić information content (AvgIpc) is 0.772. The summed E-state index contributed by atoms with van der Waals surface area (Å²) in [4.78, 5) is 42.7. The summed E-state index contributed by atoms with van der Waals surface area (Å²) in [6, 6.07) is 103. The van der Waals surface area contributed by atoms with E-state index in [-0.39, 0.29) is 147 Å². The number of carbonyl (C=O) groups excluding carboxylic acids is 2. The normalized spacial score (nSPS) is 10.4. The molecule has 5 radical (unpaired) electrons. The monoisotopic (exact) mass is 2360 g/mol. The quantitative estimate of drug-likeness (QED) is 0.0525. The molecule has 0 spiro atoms. The Bertz CT molecular complexity index is 5640. The molecule has 0 amide bonds. The number of aromatic nitrogens is 5. The Hall–Kier alpha value is -10.4. The van der Waals surface area contributed by atoms with E-state index in [1.165, 1.54) is 99.2 Å². The first-order chi connectivity index (χ1) is 51.5. The first-order valence-electron chi connectivity index (χ1n) is 33.5. The molecule has 0 bridgehead atoms. The van der Waals surface area contributed by atoms with Crippen molar-refractivity contribution in [3.63, 3.8) is 0 Å². The van der Waals surface area contributed by atoms with Gasteiger partial charge in [-0.3, -0.25) is 37.1 Å². The molecule has 17 aromatic rings. The molecule has 111 heavy (non-hydrogen) atoms. The maximum absolute atomic E-state index is 13.1. The summed E-state index contributed by atoms with van der Waals surface area (Å²) in [5.41, 5.74) is 10.5. The van der Waals surface area contributed by atoms with Gasteiger partial charge in [0.2, 0.25) is 0 Å². The number of carbonyl (C=O) groups is 2. The molecule has 0 aliphatic carbocycles. The van der Waals surface area contributed by atoms with Crippen LogP contribution in [0.5, 0.6) is 0 Å². The number of rotatable bonds is 7. The largest absolute Gasteiger partial charge is 0.512 e. The van der Waals surface area contributed by atoms with Crippen LogP contribution in [0.25, 0.3) is 132 Å². The van der Waals surface area contributed by atoms with Crippen LogP contribution in [0, 0.1) is 53.6 Å². The predicted molar refractivity (Wildman–Crippen MR) is 419 cm³/mol. The smallest absolute Gasteiger partial charge is 0.155 e. The van der Waals surface area contributed by atoms with E-state index >= 15 is 0 Å². The number of fused-ring (bicyclic) bond motifs is 9. The molecule has 565 valence electrons.